The lowest BCUT2D eigenvalue weighted by Gasteiger charge is -2.15. The number of nitriles is 1. The Morgan fingerprint density at radius 3 is 2.30 bits per heavy atom. The summed E-state index contributed by atoms with van der Waals surface area (Å²) in [6.07, 6.45) is 0.233. The number of ether oxygens (including phenoxy) is 3. The van der Waals surface area contributed by atoms with Crippen LogP contribution in [0.25, 0.3) is 0 Å². The number of likely N-dealkylation sites (N-methyl/N-ethyl adjacent to an activating group) is 1. The lowest BCUT2D eigenvalue weighted by atomic mass is 10.3. The predicted octanol–water partition coefficient (Wildman–Crippen LogP) is 1.38. The van der Waals surface area contributed by atoms with Gasteiger partial charge < -0.3 is 19.1 Å². The molecule has 0 radical (unpaired) electrons. The summed E-state index contributed by atoms with van der Waals surface area (Å²) < 4.78 is 15.4. The van der Waals surface area contributed by atoms with Gasteiger partial charge in [0, 0.05) is 13.6 Å². The minimum atomic E-state index is -0.638. The zero-order valence-electron chi connectivity index (χ0n) is 13.3. The summed E-state index contributed by atoms with van der Waals surface area (Å²) >= 11 is 0. The number of nitrogens with zero attached hydrogens (tertiary/aromatic N) is 2. The smallest absolute Gasteiger partial charge is 0.344 e. The molecule has 0 N–H and O–H groups in total. The fourth-order valence-electron chi connectivity index (χ4n) is 1.58. The van der Waals surface area contributed by atoms with Crippen LogP contribution >= 0.6 is 0 Å². The summed E-state index contributed by atoms with van der Waals surface area (Å²) in [5.74, 6) is 0.215. The zero-order valence-corrected chi connectivity index (χ0v) is 13.3. The highest BCUT2D eigenvalue weighted by Gasteiger charge is 2.12. The second-order valence-corrected chi connectivity index (χ2v) is 4.58. The minimum absolute atomic E-state index is 0.233. The van der Waals surface area contributed by atoms with Crippen LogP contribution in [0.15, 0.2) is 24.3 Å². The third-order valence-electron chi connectivity index (χ3n) is 2.83. The molecule has 0 spiro atoms. The van der Waals surface area contributed by atoms with Gasteiger partial charge in [-0.3, -0.25) is 4.79 Å². The van der Waals surface area contributed by atoms with Gasteiger partial charge >= 0.3 is 5.97 Å². The summed E-state index contributed by atoms with van der Waals surface area (Å²) in [4.78, 5) is 24.5. The summed E-state index contributed by atoms with van der Waals surface area (Å²) in [6.45, 7) is 2.11. The Hall–Kier alpha value is -2.75. The molecule has 1 aromatic carbocycles. The number of carbonyl (C=O) groups is 2. The third kappa shape index (κ3) is 7.18. The van der Waals surface area contributed by atoms with E-state index in [9.17, 15) is 9.59 Å². The molecule has 1 rings (SSSR count). The third-order valence-corrected chi connectivity index (χ3v) is 2.83. The molecule has 7 heteroatoms. The van der Waals surface area contributed by atoms with E-state index >= 15 is 0 Å². The summed E-state index contributed by atoms with van der Waals surface area (Å²) in [5.41, 5.74) is 0. The maximum absolute atomic E-state index is 11.6. The van der Waals surface area contributed by atoms with Crippen molar-refractivity contribution in [2.75, 3.05) is 33.4 Å². The molecular formula is C16H20N2O5. The van der Waals surface area contributed by atoms with Crippen molar-refractivity contribution in [1.29, 1.82) is 5.26 Å². The highest BCUT2D eigenvalue weighted by molar-refractivity contribution is 5.80. The van der Waals surface area contributed by atoms with Crippen molar-refractivity contribution in [1.82, 2.24) is 4.90 Å². The molecule has 0 unspecified atom stereocenters. The van der Waals surface area contributed by atoms with E-state index in [4.69, 9.17) is 19.5 Å². The van der Waals surface area contributed by atoms with Gasteiger partial charge in [0.15, 0.2) is 13.2 Å². The number of amides is 1. The molecule has 0 atom stereocenters. The number of esters is 1. The lowest BCUT2D eigenvalue weighted by Crippen LogP contribution is -2.32. The van der Waals surface area contributed by atoms with Crippen LogP contribution in [0.5, 0.6) is 11.5 Å². The highest BCUT2D eigenvalue weighted by Crippen LogP contribution is 2.17. The van der Waals surface area contributed by atoms with E-state index in [0.717, 1.165) is 0 Å². The second-order valence-electron chi connectivity index (χ2n) is 4.58. The second kappa shape index (κ2) is 10.1. The van der Waals surface area contributed by atoms with Gasteiger partial charge in [-0.25, -0.2) is 4.79 Å². The number of hydrogen-bond acceptors (Lipinski definition) is 6. The number of carbonyl (C=O) groups excluding carboxylic acids is 2. The Morgan fingerprint density at radius 2 is 1.74 bits per heavy atom. The molecule has 1 aromatic rings. The number of rotatable bonds is 9. The van der Waals surface area contributed by atoms with Crippen molar-refractivity contribution in [2.45, 2.75) is 13.3 Å². The average molecular weight is 320 g/mol. The van der Waals surface area contributed by atoms with Crippen molar-refractivity contribution in [3.8, 4) is 17.6 Å². The van der Waals surface area contributed by atoms with E-state index in [1.807, 2.05) is 13.0 Å². The van der Waals surface area contributed by atoms with Crippen LogP contribution in [-0.4, -0.2) is 50.2 Å². The molecular weight excluding hydrogens is 300 g/mol. The first-order valence-electron chi connectivity index (χ1n) is 7.19. The van der Waals surface area contributed by atoms with Crippen molar-refractivity contribution in [2.24, 2.45) is 0 Å². The summed E-state index contributed by atoms with van der Waals surface area (Å²) in [7, 11) is 1.55. The van der Waals surface area contributed by atoms with Gasteiger partial charge in [-0.2, -0.15) is 5.26 Å². The van der Waals surface area contributed by atoms with Crippen LogP contribution in [0.3, 0.4) is 0 Å². The van der Waals surface area contributed by atoms with Gasteiger partial charge in [-0.15, -0.1) is 0 Å². The van der Waals surface area contributed by atoms with E-state index in [1.165, 1.54) is 4.90 Å². The lowest BCUT2D eigenvalue weighted by molar-refractivity contribution is -0.153. The molecule has 0 fully saturated rings. The van der Waals surface area contributed by atoms with E-state index in [2.05, 4.69) is 0 Å². The van der Waals surface area contributed by atoms with Gasteiger partial charge in [-0.1, -0.05) is 0 Å². The van der Waals surface area contributed by atoms with Gasteiger partial charge in [0.1, 0.15) is 11.5 Å². The fourth-order valence-corrected chi connectivity index (χ4v) is 1.58. The van der Waals surface area contributed by atoms with Crippen LogP contribution in [-0.2, 0) is 14.3 Å². The molecule has 0 aliphatic rings. The zero-order chi connectivity index (χ0) is 17.1. The Balaban J connectivity index is 2.28. The number of benzene rings is 1. The minimum Gasteiger partial charge on any atom is -0.494 e. The summed E-state index contributed by atoms with van der Waals surface area (Å²) in [5, 5.41) is 8.44. The van der Waals surface area contributed by atoms with Gasteiger partial charge in [-0.05, 0) is 31.2 Å². The van der Waals surface area contributed by atoms with E-state index < -0.39 is 5.97 Å². The van der Waals surface area contributed by atoms with Crippen LogP contribution < -0.4 is 9.47 Å². The molecule has 0 heterocycles. The van der Waals surface area contributed by atoms with Gasteiger partial charge in [0.2, 0.25) is 0 Å². The molecule has 0 aliphatic carbocycles. The molecule has 7 nitrogen and oxygen atoms in total. The van der Waals surface area contributed by atoms with Crippen molar-refractivity contribution in [3.63, 3.8) is 0 Å². The van der Waals surface area contributed by atoms with E-state index in [1.54, 1.807) is 31.3 Å². The molecule has 23 heavy (non-hydrogen) atoms. The average Bonchev–Trinajstić information content (AvgIpc) is 2.57. The Bertz CT molecular complexity index is 551. The predicted molar refractivity (Wildman–Crippen MR) is 81.9 cm³/mol. The molecule has 0 aliphatic heterocycles. The topological polar surface area (TPSA) is 88.9 Å². The van der Waals surface area contributed by atoms with Crippen molar-refractivity contribution < 1.29 is 23.8 Å². The number of hydrogen-bond donors (Lipinski definition) is 0. The van der Waals surface area contributed by atoms with Gasteiger partial charge in [0.05, 0.1) is 19.1 Å². The molecule has 0 aromatic heterocycles. The molecule has 0 saturated carbocycles. The van der Waals surface area contributed by atoms with E-state index in [0.29, 0.717) is 24.7 Å². The molecule has 124 valence electrons. The standard InChI is InChI=1S/C16H20N2O5/c1-3-21-13-5-7-14(8-6-13)22-12-16(20)23-11-15(19)18(2)10-4-9-17/h5-8H,3-4,10-12H2,1-2H3. The Morgan fingerprint density at radius 1 is 1.13 bits per heavy atom. The maximum Gasteiger partial charge on any atom is 0.344 e. The monoisotopic (exact) mass is 320 g/mol. The first-order valence-corrected chi connectivity index (χ1v) is 7.19. The quantitative estimate of drug-likeness (QED) is 0.639. The first kappa shape index (κ1) is 18.3. The fraction of sp³-hybridized carbons (Fsp3) is 0.438. The Kier molecular flexibility index (Phi) is 8.00. The summed E-state index contributed by atoms with van der Waals surface area (Å²) in [6, 6.07) is 8.77. The molecule has 0 bridgehead atoms. The van der Waals surface area contributed by atoms with Crippen LogP contribution in [0.1, 0.15) is 13.3 Å². The van der Waals surface area contributed by atoms with Crippen molar-refractivity contribution in [3.05, 3.63) is 24.3 Å². The van der Waals surface area contributed by atoms with Crippen LogP contribution in [0.2, 0.25) is 0 Å². The van der Waals surface area contributed by atoms with Gasteiger partial charge in [0.25, 0.3) is 5.91 Å². The van der Waals surface area contributed by atoms with Crippen molar-refractivity contribution >= 4 is 11.9 Å². The molecule has 1 amide bonds. The molecule has 0 saturated heterocycles. The van der Waals surface area contributed by atoms with Crippen LogP contribution in [0, 0.1) is 11.3 Å². The normalized spacial score (nSPS) is 9.61. The van der Waals surface area contributed by atoms with E-state index in [-0.39, 0.29) is 25.5 Å². The maximum atomic E-state index is 11.6. The Labute approximate surface area is 135 Å². The highest BCUT2D eigenvalue weighted by atomic mass is 16.6. The SMILES string of the molecule is CCOc1ccc(OCC(=O)OCC(=O)N(C)CCC#N)cc1. The first-order chi connectivity index (χ1) is 11.1. The largest absolute Gasteiger partial charge is 0.494 e. The van der Waals surface area contributed by atoms with Crippen LogP contribution in [0.4, 0.5) is 0 Å².